The van der Waals surface area contributed by atoms with Crippen LogP contribution in [-0.4, -0.2) is 30.4 Å². The smallest absolute Gasteiger partial charge is 0.280 e. The summed E-state index contributed by atoms with van der Waals surface area (Å²) in [6.45, 7) is 1.59. The van der Waals surface area contributed by atoms with E-state index in [0.717, 1.165) is 0 Å². The third kappa shape index (κ3) is 4.89. The highest BCUT2D eigenvalue weighted by Crippen LogP contribution is 2.21. The summed E-state index contributed by atoms with van der Waals surface area (Å²) < 4.78 is 10.5. The zero-order valence-electron chi connectivity index (χ0n) is 13.2. The first-order valence-electron chi connectivity index (χ1n) is 7.11. The number of carbonyl (C=O) groups excluding carboxylic acids is 1. The fourth-order valence-electron chi connectivity index (χ4n) is 1.82. The van der Waals surface area contributed by atoms with E-state index in [-0.39, 0.29) is 5.75 Å². The average Bonchev–Trinajstić information content (AvgIpc) is 2.56. The maximum Gasteiger partial charge on any atom is 0.280 e. The van der Waals surface area contributed by atoms with Crippen LogP contribution in [0.15, 0.2) is 47.6 Å². The van der Waals surface area contributed by atoms with E-state index < -0.39 is 12.0 Å². The second kappa shape index (κ2) is 8.21. The number of aromatic hydroxyl groups is 1. The SMILES string of the molecule is COc1ccc(O)c(/C=N/NC(=O)C(C)Oc2cccc(Cl)c2)c1. The summed E-state index contributed by atoms with van der Waals surface area (Å²) in [6.07, 6.45) is 0.557. The van der Waals surface area contributed by atoms with E-state index in [1.165, 1.54) is 19.4 Å². The van der Waals surface area contributed by atoms with Gasteiger partial charge in [0.05, 0.1) is 13.3 Å². The second-order valence-electron chi connectivity index (χ2n) is 4.88. The Hall–Kier alpha value is -2.73. The molecule has 0 fully saturated rings. The largest absolute Gasteiger partial charge is 0.507 e. The van der Waals surface area contributed by atoms with Crippen LogP contribution < -0.4 is 14.9 Å². The summed E-state index contributed by atoms with van der Waals surface area (Å²) in [5.74, 6) is 0.642. The lowest BCUT2D eigenvalue weighted by molar-refractivity contribution is -0.127. The number of nitrogens with zero attached hydrogens (tertiary/aromatic N) is 1. The third-order valence-corrected chi connectivity index (χ3v) is 3.33. The first-order chi connectivity index (χ1) is 11.5. The molecule has 24 heavy (non-hydrogen) atoms. The number of hydrogen-bond acceptors (Lipinski definition) is 5. The van der Waals surface area contributed by atoms with Gasteiger partial charge in [-0.15, -0.1) is 0 Å². The van der Waals surface area contributed by atoms with Crippen molar-refractivity contribution in [2.75, 3.05) is 7.11 Å². The first kappa shape index (κ1) is 17.6. The lowest BCUT2D eigenvalue weighted by atomic mass is 10.2. The van der Waals surface area contributed by atoms with E-state index in [1.807, 2.05) is 0 Å². The Morgan fingerprint density at radius 1 is 1.29 bits per heavy atom. The molecule has 2 aromatic carbocycles. The van der Waals surface area contributed by atoms with E-state index in [4.69, 9.17) is 21.1 Å². The normalized spacial score (nSPS) is 12.0. The van der Waals surface area contributed by atoms with E-state index in [0.29, 0.717) is 22.1 Å². The number of benzene rings is 2. The summed E-state index contributed by atoms with van der Waals surface area (Å²) in [4.78, 5) is 12.0. The number of carbonyl (C=O) groups is 1. The number of rotatable bonds is 6. The molecule has 0 spiro atoms. The van der Waals surface area contributed by atoms with Gasteiger partial charge in [-0.05, 0) is 43.3 Å². The molecule has 2 N–H and O–H groups in total. The Balaban J connectivity index is 1.94. The minimum Gasteiger partial charge on any atom is -0.507 e. The van der Waals surface area contributed by atoms with Gasteiger partial charge in [-0.1, -0.05) is 17.7 Å². The number of hydrazone groups is 1. The van der Waals surface area contributed by atoms with Crippen LogP contribution >= 0.6 is 11.6 Å². The molecule has 0 saturated carbocycles. The molecule has 1 unspecified atom stereocenters. The highest BCUT2D eigenvalue weighted by Gasteiger charge is 2.14. The van der Waals surface area contributed by atoms with Crippen molar-refractivity contribution >= 4 is 23.7 Å². The van der Waals surface area contributed by atoms with Gasteiger partial charge in [-0.2, -0.15) is 5.10 Å². The monoisotopic (exact) mass is 348 g/mol. The highest BCUT2D eigenvalue weighted by molar-refractivity contribution is 6.30. The second-order valence-corrected chi connectivity index (χ2v) is 5.31. The van der Waals surface area contributed by atoms with Crippen molar-refractivity contribution in [3.63, 3.8) is 0 Å². The molecule has 0 aliphatic carbocycles. The molecule has 0 aliphatic heterocycles. The molecular weight excluding hydrogens is 332 g/mol. The van der Waals surface area contributed by atoms with Crippen molar-refractivity contribution in [1.29, 1.82) is 0 Å². The molecule has 1 amide bonds. The number of nitrogens with one attached hydrogen (secondary N) is 1. The van der Waals surface area contributed by atoms with Gasteiger partial charge >= 0.3 is 0 Å². The van der Waals surface area contributed by atoms with E-state index >= 15 is 0 Å². The van der Waals surface area contributed by atoms with E-state index in [1.54, 1.807) is 43.3 Å². The number of methoxy groups -OCH3 is 1. The Morgan fingerprint density at radius 3 is 2.79 bits per heavy atom. The first-order valence-corrected chi connectivity index (χ1v) is 7.49. The Labute approximate surface area is 144 Å². The molecule has 0 radical (unpaired) electrons. The van der Waals surface area contributed by atoms with E-state index in [2.05, 4.69) is 10.5 Å². The van der Waals surface area contributed by atoms with Crippen molar-refractivity contribution in [3.05, 3.63) is 53.1 Å². The van der Waals surface area contributed by atoms with Crippen LogP contribution in [0.2, 0.25) is 5.02 Å². The van der Waals surface area contributed by atoms with E-state index in [9.17, 15) is 9.90 Å². The summed E-state index contributed by atoms with van der Waals surface area (Å²) in [5.41, 5.74) is 2.77. The number of phenols is 1. The van der Waals surface area contributed by atoms with Gasteiger partial charge in [0.15, 0.2) is 6.10 Å². The molecule has 6 nitrogen and oxygen atoms in total. The standard InChI is InChI=1S/C17H17ClN2O4/c1-11(24-15-5-3-4-13(18)9-15)17(22)20-19-10-12-8-14(23-2)6-7-16(12)21/h3-11,21H,1-2H3,(H,20,22)/b19-10+. The van der Waals surface area contributed by atoms with Crippen LogP contribution in [0.5, 0.6) is 17.2 Å². The number of phenolic OH excluding ortho intramolecular Hbond substituents is 1. The zero-order chi connectivity index (χ0) is 17.5. The van der Waals surface area contributed by atoms with Gasteiger partial charge in [-0.25, -0.2) is 5.43 Å². The molecule has 7 heteroatoms. The van der Waals surface area contributed by atoms with Crippen molar-refractivity contribution in [1.82, 2.24) is 5.43 Å². The van der Waals surface area contributed by atoms with Gasteiger partial charge in [0.1, 0.15) is 17.2 Å². The predicted molar refractivity (Wildman–Crippen MR) is 91.9 cm³/mol. The molecule has 2 aromatic rings. The minimum atomic E-state index is -0.764. The number of halogens is 1. The summed E-state index contributed by atoms with van der Waals surface area (Å²) >= 11 is 5.86. The van der Waals surface area contributed by atoms with Gasteiger partial charge in [0, 0.05) is 10.6 Å². The summed E-state index contributed by atoms with van der Waals surface area (Å²) in [5, 5.41) is 14.1. The Kier molecular flexibility index (Phi) is 6.03. The van der Waals surface area contributed by atoms with Crippen molar-refractivity contribution in [2.24, 2.45) is 5.10 Å². The zero-order valence-corrected chi connectivity index (χ0v) is 13.9. The van der Waals surface area contributed by atoms with Crippen molar-refractivity contribution in [3.8, 4) is 17.2 Å². The van der Waals surface area contributed by atoms with Crippen LogP contribution in [0.4, 0.5) is 0 Å². The molecule has 0 aromatic heterocycles. The molecule has 2 rings (SSSR count). The molecule has 126 valence electrons. The van der Waals surface area contributed by atoms with Crippen LogP contribution in [0.1, 0.15) is 12.5 Å². The fourth-order valence-corrected chi connectivity index (χ4v) is 2.00. The topological polar surface area (TPSA) is 80.2 Å². The molecule has 1 atom stereocenters. The molecule has 0 heterocycles. The predicted octanol–water partition coefficient (Wildman–Crippen LogP) is 2.97. The molecule has 0 bridgehead atoms. The van der Waals surface area contributed by atoms with Crippen LogP contribution in [0.25, 0.3) is 0 Å². The quantitative estimate of drug-likeness (QED) is 0.621. The van der Waals surface area contributed by atoms with Crippen LogP contribution in [-0.2, 0) is 4.79 Å². The average molecular weight is 349 g/mol. The molecule has 0 aliphatic rings. The maximum atomic E-state index is 12.0. The maximum absolute atomic E-state index is 12.0. The number of hydrogen-bond donors (Lipinski definition) is 2. The summed E-state index contributed by atoms with van der Waals surface area (Å²) in [7, 11) is 1.52. The third-order valence-electron chi connectivity index (χ3n) is 3.09. The van der Waals surface area contributed by atoms with Crippen molar-refractivity contribution in [2.45, 2.75) is 13.0 Å². The lowest BCUT2D eigenvalue weighted by Crippen LogP contribution is -2.33. The van der Waals surface area contributed by atoms with Gasteiger partial charge in [-0.3, -0.25) is 4.79 Å². The van der Waals surface area contributed by atoms with Crippen molar-refractivity contribution < 1.29 is 19.4 Å². The van der Waals surface area contributed by atoms with Crippen LogP contribution in [0, 0.1) is 0 Å². The number of ether oxygens (including phenoxy) is 2. The Bertz CT molecular complexity index is 749. The highest BCUT2D eigenvalue weighted by atomic mass is 35.5. The number of amides is 1. The molecule has 0 saturated heterocycles. The fraction of sp³-hybridized carbons (Fsp3) is 0.176. The minimum absolute atomic E-state index is 0.0250. The lowest BCUT2D eigenvalue weighted by Gasteiger charge is -2.13. The summed E-state index contributed by atoms with van der Waals surface area (Å²) in [6, 6.07) is 11.4. The Morgan fingerprint density at radius 2 is 2.08 bits per heavy atom. The van der Waals surface area contributed by atoms with Gasteiger partial charge in [0.25, 0.3) is 5.91 Å². The van der Waals surface area contributed by atoms with Gasteiger partial charge in [0.2, 0.25) is 0 Å². The molecular formula is C17H17ClN2O4. The van der Waals surface area contributed by atoms with Gasteiger partial charge < -0.3 is 14.6 Å². The van der Waals surface area contributed by atoms with Crippen LogP contribution in [0.3, 0.4) is 0 Å².